The van der Waals surface area contributed by atoms with E-state index in [4.69, 9.17) is 9.47 Å². The van der Waals surface area contributed by atoms with Crippen molar-refractivity contribution in [1.82, 2.24) is 0 Å². The lowest BCUT2D eigenvalue weighted by molar-refractivity contribution is -0.104. The Kier molecular flexibility index (Phi) is 4.39. The molecule has 24 heavy (non-hydrogen) atoms. The number of allylic oxidation sites excluding steroid dienone is 1. The second-order valence-corrected chi connectivity index (χ2v) is 5.33. The molecule has 0 aromatic heterocycles. The molecule has 0 fully saturated rings. The lowest BCUT2D eigenvalue weighted by Gasteiger charge is -2.33. The van der Waals surface area contributed by atoms with E-state index in [1.807, 2.05) is 0 Å². The molecule has 2 aromatic carbocycles. The summed E-state index contributed by atoms with van der Waals surface area (Å²) in [5.41, 5.74) is 1.32. The average Bonchev–Trinajstić information content (AvgIpc) is 2.61. The number of aromatic hydroxyl groups is 2. The first-order valence-electron chi connectivity index (χ1n) is 7.34. The third-order valence-corrected chi connectivity index (χ3v) is 3.71. The molecule has 6 heteroatoms. The van der Waals surface area contributed by atoms with Gasteiger partial charge in [0, 0.05) is 5.56 Å². The molecule has 2 atom stereocenters. The Balaban J connectivity index is 1.95. The number of hydrogen-bond acceptors (Lipinski definition) is 6. The maximum Gasteiger partial charge on any atom is 0.163 e. The Labute approximate surface area is 138 Å². The molecule has 6 nitrogen and oxygen atoms in total. The molecule has 0 amide bonds. The van der Waals surface area contributed by atoms with E-state index in [9.17, 15) is 20.1 Å². The smallest absolute Gasteiger partial charge is 0.163 e. The van der Waals surface area contributed by atoms with E-state index >= 15 is 0 Å². The number of rotatable bonds is 4. The van der Waals surface area contributed by atoms with Crippen molar-refractivity contribution < 1.29 is 29.6 Å². The van der Waals surface area contributed by atoms with Gasteiger partial charge >= 0.3 is 0 Å². The minimum atomic E-state index is -0.655. The van der Waals surface area contributed by atoms with Gasteiger partial charge in [0.15, 0.2) is 35.2 Å². The van der Waals surface area contributed by atoms with E-state index in [2.05, 4.69) is 0 Å². The number of carbonyl (C=O) groups is 1. The van der Waals surface area contributed by atoms with Crippen LogP contribution in [0.2, 0.25) is 0 Å². The molecule has 0 spiro atoms. The van der Waals surface area contributed by atoms with Gasteiger partial charge in [0.2, 0.25) is 0 Å². The van der Waals surface area contributed by atoms with Crippen molar-refractivity contribution in [2.75, 3.05) is 6.61 Å². The molecule has 0 saturated heterocycles. The number of carbonyl (C=O) groups excluding carboxylic acids is 1. The van der Waals surface area contributed by atoms with Crippen molar-refractivity contribution >= 4 is 12.4 Å². The van der Waals surface area contributed by atoms with Crippen LogP contribution in [0.5, 0.6) is 23.0 Å². The summed E-state index contributed by atoms with van der Waals surface area (Å²) in [6, 6.07) is 9.49. The standard InChI is InChI=1S/C18H16O6/c19-7-1-2-11-3-6-15-16(8-11)24-18(17(10-20)23-15)12-4-5-13(21)14(22)9-12/h1-9,17-18,20-22H,10H2. The van der Waals surface area contributed by atoms with Crippen LogP contribution in [0.1, 0.15) is 17.2 Å². The van der Waals surface area contributed by atoms with Crippen molar-refractivity contribution in [3.05, 3.63) is 53.6 Å². The van der Waals surface area contributed by atoms with Crippen LogP contribution in [0.4, 0.5) is 0 Å². The summed E-state index contributed by atoms with van der Waals surface area (Å²) in [4.78, 5) is 10.4. The van der Waals surface area contributed by atoms with Gasteiger partial charge in [-0.1, -0.05) is 18.2 Å². The van der Waals surface area contributed by atoms with Gasteiger partial charge in [-0.15, -0.1) is 0 Å². The minimum absolute atomic E-state index is 0.238. The maximum absolute atomic E-state index is 10.4. The van der Waals surface area contributed by atoms with Crippen LogP contribution < -0.4 is 9.47 Å². The lowest BCUT2D eigenvalue weighted by Crippen LogP contribution is -2.36. The molecule has 124 valence electrons. The highest BCUT2D eigenvalue weighted by molar-refractivity contribution is 5.74. The van der Waals surface area contributed by atoms with Crippen LogP contribution in [0.3, 0.4) is 0 Å². The van der Waals surface area contributed by atoms with Crippen LogP contribution in [0.25, 0.3) is 6.08 Å². The summed E-state index contributed by atoms with van der Waals surface area (Å²) in [5.74, 6) is 0.431. The molecule has 0 radical (unpaired) electrons. The normalized spacial score (nSPS) is 19.4. The predicted molar refractivity (Wildman–Crippen MR) is 86.2 cm³/mol. The third kappa shape index (κ3) is 3.04. The van der Waals surface area contributed by atoms with Crippen LogP contribution >= 0.6 is 0 Å². The molecule has 1 aliphatic heterocycles. The van der Waals surface area contributed by atoms with Crippen LogP contribution in [-0.4, -0.2) is 34.3 Å². The second-order valence-electron chi connectivity index (χ2n) is 5.33. The molecule has 0 aliphatic carbocycles. The number of aldehydes is 1. The van der Waals surface area contributed by atoms with Crippen LogP contribution in [-0.2, 0) is 4.79 Å². The lowest BCUT2D eigenvalue weighted by atomic mass is 10.0. The largest absolute Gasteiger partial charge is 0.504 e. The number of ether oxygens (including phenoxy) is 2. The highest BCUT2D eigenvalue weighted by atomic mass is 16.6. The molecule has 0 saturated carbocycles. The quantitative estimate of drug-likeness (QED) is 0.452. The summed E-state index contributed by atoms with van der Waals surface area (Å²) in [6.07, 6.45) is 2.38. The number of benzene rings is 2. The number of aliphatic hydroxyl groups is 1. The molecule has 0 bridgehead atoms. The Hall–Kier alpha value is -2.99. The van der Waals surface area contributed by atoms with E-state index < -0.39 is 12.2 Å². The zero-order chi connectivity index (χ0) is 17.1. The predicted octanol–water partition coefficient (Wildman–Crippen LogP) is 2.18. The fraction of sp³-hybridized carbons (Fsp3) is 0.167. The van der Waals surface area contributed by atoms with Crippen molar-refractivity contribution in [2.24, 2.45) is 0 Å². The summed E-state index contributed by atoms with van der Waals surface area (Å²) in [6.45, 7) is -0.279. The molecule has 2 aromatic rings. The molecule has 1 heterocycles. The molecule has 1 aliphatic rings. The summed E-state index contributed by atoms with van der Waals surface area (Å²) < 4.78 is 11.7. The fourth-order valence-corrected chi connectivity index (χ4v) is 2.54. The zero-order valence-electron chi connectivity index (χ0n) is 12.6. The Bertz CT molecular complexity index is 783. The zero-order valence-corrected chi connectivity index (χ0v) is 12.6. The van der Waals surface area contributed by atoms with Crippen molar-refractivity contribution in [3.63, 3.8) is 0 Å². The first-order valence-corrected chi connectivity index (χ1v) is 7.34. The highest BCUT2D eigenvalue weighted by Gasteiger charge is 2.33. The topological polar surface area (TPSA) is 96.2 Å². The first kappa shape index (κ1) is 15.9. The summed E-state index contributed by atoms with van der Waals surface area (Å²) >= 11 is 0. The van der Waals surface area contributed by atoms with Gasteiger partial charge in [0.25, 0.3) is 0 Å². The van der Waals surface area contributed by atoms with E-state index in [1.165, 1.54) is 18.2 Å². The van der Waals surface area contributed by atoms with E-state index in [1.54, 1.807) is 30.3 Å². The van der Waals surface area contributed by atoms with Crippen LogP contribution in [0, 0.1) is 0 Å². The van der Waals surface area contributed by atoms with E-state index in [-0.39, 0.29) is 18.1 Å². The van der Waals surface area contributed by atoms with Crippen molar-refractivity contribution in [1.29, 1.82) is 0 Å². The number of aliphatic hydroxyl groups excluding tert-OH is 1. The van der Waals surface area contributed by atoms with Crippen molar-refractivity contribution in [3.8, 4) is 23.0 Å². The summed E-state index contributed by atoms with van der Waals surface area (Å²) in [5, 5.41) is 28.7. The minimum Gasteiger partial charge on any atom is -0.504 e. The maximum atomic E-state index is 10.4. The van der Waals surface area contributed by atoms with Gasteiger partial charge in [-0.25, -0.2) is 0 Å². The second kappa shape index (κ2) is 6.64. The molecule has 2 unspecified atom stereocenters. The number of phenols is 2. The van der Waals surface area contributed by atoms with Crippen molar-refractivity contribution in [2.45, 2.75) is 12.2 Å². The van der Waals surface area contributed by atoms with Crippen LogP contribution in [0.15, 0.2) is 42.5 Å². The molecular formula is C18H16O6. The SMILES string of the molecule is O=CC=Cc1ccc2c(c1)OC(c1ccc(O)c(O)c1)C(CO)O2. The number of phenolic OH excluding ortho intramolecular Hbond substituents is 2. The van der Waals surface area contributed by atoms with Gasteiger partial charge < -0.3 is 24.8 Å². The van der Waals surface area contributed by atoms with E-state index in [0.717, 1.165) is 5.56 Å². The summed E-state index contributed by atoms with van der Waals surface area (Å²) in [7, 11) is 0. The van der Waals surface area contributed by atoms with Gasteiger partial charge in [-0.3, -0.25) is 4.79 Å². The molecule has 3 rings (SSSR count). The van der Waals surface area contributed by atoms with E-state index in [0.29, 0.717) is 23.3 Å². The number of fused-ring (bicyclic) bond motifs is 1. The average molecular weight is 328 g/mol. The Morgan fingerprint density at radius 3 is 2.54 bits per heavy atom. The highest BCUT2D eigenvalue weighted by Crippen LogP contribution is 2.41. The Morgan fingerprint density at radius 1 is 1.00 bits per heavy atom. The number of hydrogen-bond donors (Lipinski definition) is 3. The fourth-order valence-electron chi connectivity index (χ4n) is 2.54. The molecule has 3 N–H and O–H groups in total. The van der Waals surface area contributed by atoms with Gasteiger partial charge in [-0.05, 0) is 35.9 Å². The van der Waals surface area contributed by atoms with Gasteiger partial charge in [0.1, 0.15) is 6.29 Å². The first-order chi connectivity index (χ1) is 11.6. The monoisotopic (exact) mass is 328 g/mol. The Morgan fingerprint density at radius 2 is 1.83 bits per heavy atom. The van der Waals surface area contributed by atoms with Gasteiger partial charge in [-0.2, -0.15) is 0 Å². The third-order valence-electron chi connectivity index (χ3n) is 3.71. The van der Waals surface area contributed by atoms with Gasteiger partial charge in [0.05, 0.1) is 6.61 Å². The molecular weight excluding hydrogens is 312 g/mol.